The lowest BCUT2D eigenvalue weighted by molar-refractivity contribution is 0.0605. The molecule has 94 valence electrons. The Labute approximate surface area is 104 Å². The minimum atomic E-state index is 0.535. The molecule has 2 rings (SSSR count). The third kappa shape index (κ3) is 4.84. The Morgan fingerprint density at radius 1 is 1.24 bits per heavy atom. The molecule has 1 aromatic heterocycles. The largest absolute Gasteiger partial charge is 0.377 e. The summed E-state index contributed by atoms with van der Waals surface area (Å²) in [4.78, 5) is 4.29. The molecular formula is C14H22N2O. The number of rotatable bonds is 7. The topological polar surface area (TPSA) is 34.1 Å². The number of nitrogens with one attached hydrogen (secondary N) is 1. The van der Waals surface area contributed by atoms with E-state index in [1.807, 2.05) is 18.3 Å². The van der Waals surface area contributed by atoms with Crippen LogP contribution in [0.15, 0.2) is 24.4 Å². The summed E-state index contributed by atoms with van der Waals surface area (Å²) in [5.74, 6) is 0. The fraction of sp³-hybridized carbons (Fsp3) is 0.643. The average Bonchev–Trinajstić information content (AvgIpc) is 2.88. The van der Waals surface area contributed by atoms with E-state index in [-0.39, 0.29) is 0 Å². The van der Waals surface area contributed by atoms with Gasteiger partial charge in [0.2, 0.25) is 0 Å². The molecule has 1 aromatic rings. The Hall–Kier alpha value is -0.930. The maximum atomic E-state index is 5.78. The van der Waals surface area contributed by atoms with Crippen LogP contribution >= 0.6 is 0 Å². The van der Waals surface area contributed by atoms with Gasteiger partial charge in [-0.05, 0) is 25.0 Å². The monoisotopic (exact) mass is 234 g/mol. The van der Waals surface area contributed by atoms with Crippen molar-refractivity contribution in [2.24, 2.45) is 0 Å². The van der Waals surface area contributed by atoms with Crippen LogP contribution < -0.4 is 5.32 Å². The van der Waals surface area contributed by atoms with Gasteiger partial charge in [-0.1, -0.05) is 18.9 Å². The summed E-state index contributed by atoms with van der Waals surface area (Å²) < 4.78 is 5.78. The van der Waals surface area contributed by atoms with Gasteiger partial charge in [0.05, 0.1) is 12.7 Å². The summed E-state index contributed by atoms with van der Waals surface area (Å²) in [5, 5.41) is 3.39. The lowest BCUT2D eigenvalue weighted by Gasteiger charge is -2.11. The van der Waals surface area contributed by atoms with Crippen LogP contribution in [0.5, 0.6) is 0 Å². The van der Waals surface area contributed by atoms with Crippen LogP contribution in [0.25, 0.3) is 0 Å². The van der Waals surface area contributed by atoms with Crippen LogP contribution in [0, 0.1) is 0 Å². The van der Waals surface area contributed by atoms with Gasteiger partial charge in [-0.25, -0.2) is 0 Å². The van der Waals surface area contributed by atoms with Gasteiger partial charge in [0, 0.05) is 31.4 Å². The van der Waals surface area contributed by atoms with Crippen molar-refractivity contribution in [1.82, 2.24) is 10.3 Å². The van der Waals surface area contributed by atoms with Crippen molar-refractivity contribution < 1.29 is 4.74 Å². The molecule has 0 amide bonds. The van der Waals surface area contributed by atoms with Crippen LogP contribution in [0.4, 0.5) is 0 Å². The molecule has 0 atom stereocenters. The molecule has 1 saturated carbocycles. The van der Waals surface area contributed by atoms with E-state index in [4.69, 9.17) is 4.74 Å². The average molecular weight is 234 g/mol. The summed E-state index contributed by atoms with van der Waals surface area (Å²) in [5.41, 5.74) is 1.15. The molecule has 1 fully saturated rings. The second-order valence-electron chi connectivity index (χ2n) is 4.60. The van der Waals surface area contributed by atoms with Gasteiger partial charge >= 0.3 is 0 Å². The quantitative estimate of drug-likeness (QED) is 0.734. The molecule has 0 saturated heterocycles. The van der Waals surface area contributed by atoms with Crippen molar-refractivity contribution in [3.05, 3.63) is 30.1 Å². The highest BCUT2D eigenvalue weighted by Crippen LogP contribution is 2.20. The van der Waals surface area contributed by atoms with Crippen molar-refractivity contribution in [2.75, 3.05) is 19.7 Å². The van der Waals surface area contributed by atoms with Gasteiger partial charge in [-0.15, -0.1) is 0 Å². The SMILES string of the molecule is c1ccc(CCNCCOC2CCCC2)nc1. The molecular weight excluding hydrogens is 212 g/mol. The predicted molar refractivity (Wildman–Crippen MR) is 69.0 cm³/mol. The summed E-state index contributed by atoms with van der Waals surface area (Å²) in [6.45, 7) is 2.77. The van der Waals surface area contributed by atoms with E-state index in [0.717, 1.165) is 31.8 Å². The smallest absolute Gasteiger partial charge is 0.0594 e. The molecule has 1 heterocycles. The Morgan fingerprint density at radius 2 is 2.12 bits per heavy atom. The number of hydrogen-bond acceptors (Lipinski definition) is 3. The van der Waals surface area contributed by atoms with E-state index in [2.05, 4.69) is 16.4 Å². The van der Waals surface area contributed by atoms with Gasteiger partial charge in [-0.2, -0.15) is 0 Å². The van der Waals surface area contributed by atoms with Crippen molar-refractivity contribution in [1.29, 1.82) is 0 Å². The van der Waals surface area contributed by atoms with Gasteiger partial charge in [0.1, 0.15) is 0 Å². The number of nitrogens with zero attached hydrogens (tertiary/aromatic N) is 1. The van der Waals surface area contributed by atoms with Gasteiger partial charge < -0.3 is 10.1 Å². The second-order valence-corrected chi connectivity index (χ2v) is 4.60. The Balaban J connectivity index is 1.46. The molecule has 0 radical (unpaired) electrons. The first-order valence-corrected chi connectivity index (χ1v) is 6.67. The third-order valence-corrected chi connectivity index (χ3v) is 3.22. The normalized spacial score (nSPS) is 16.5. The van der Waals surface area contributed by atoms with Crippen LogP contribution in [0.2, 0.25) is 0 Å². The van der Waals surface area contributed by atoms with Gasteiger partial charge in [-0.3, -0.25) is 4.98 Å². The van der Waals surface area contributed by atoms with E-state index < -0.39 is 0 Å². The second kappa shape index (κ2) is 7.41. The maximum Gasteiger partial charge on any atom is 0.0594 e. The standard InChI is InChI=1S/C14H22N2O/c1-2-7-14(6-1)17-12-11-15-10-8-13-5-3-4-9-16-13/h3-5,9,14-15H,1-2,6-8,10-12H2. The highest BCUT2D eigenvalue weighted by molar-refractivity contribution is 5.03. The fourth-order valence-electron chi connectivity index (χ4n) is 2.24. The van der Waals surface area contributed by atoms with Crippen LogP contribution in [0.3, 0.4) is 0 Å². The maximum absolute atomic E-state index is 5.78. The lowest BCUT2D eigenvalue weighted by atomic mass is 10.3. The van der Waals surface area contributed by atoms with E-state index in [1.165, 1.54) is 25.7 Å². The summed E-state index contributed by atoms with van der Waals surface area (Å²) in [6.07, 6.45) is 8.58. The van der Waals surface area contributed by atoms with Gasteiger partial charge in [0.25, 0.3) is 0 Å². The van der Waals surface area contributed by atoms with E-state index in [1.54, 1.807) is 0 Å². The predicted octanol–water partition coefficient (Wildman–Crippen LogP) is 2.17. The first kappa shape index (κ1) is 12.5. The highest BCUT2D eigenvalue weighted by atomic mass is 16.5. The molecule has 0 unspecified atom stereocenters. The van der Waals surface area contributed by atoms with E-state index in [9.17, 15) is 0 Å². The zero-order valence-electron chi connectivity index (χ0n) is 10.4. The minimum absolute atomic E-state index is 0.535. The van der Waals surface area contributed by atoms with Crippen molar-refractivity contribution in [3.63, 3.8) is 0 Å². The van der Waals surface area contributed by atoms with Crippen LogP contribution in [0.1, 0.15) is 31.4 Å². The van der Waals surface area contributed by atoms with Crippen molar-refractivity contribution in [2.45, 2.75) is 38.2 Å². The van der Waals surface area contributed by atoms with Crippen LogP contribution in [-0.4, -0.2) is 30.8 Å². The molecule has 17 heavy (non-hydrogen) atoms. The van der Waals surface area contributed by atoms with Crippen molar-refractivity contribution >= 4 is 0 Å². The summed E-state index contributed by atoms with van der Waals surface area (Å²) >= 11 is 0. The molecule has 3 nitrogen and oxygen atoms in total. The highest BCUT2D eigenvalue weighted by Gasteiger charge is 2.14. The first-order valence-electron chi connectivity index (χ1n) is 6.67. The molecule has 1 aliphatic rings. The number of hydrogen-bond donors (Lipinski definition) is 1. The molecule has 0 aromatic carbocycles. The summed E-state index contributed by atoms with van der Waals surface area (Å²) in [6, 6.07) is 6.05. The first-order chi connectivity index (χ1) is 8.45. The zero-order valence-corrected chi connectivity index (χ0v) is 10.4. The minimum Gasteiger partial charge on any atom is -0.377 e. The van der Waals surface area contributed by atoms with E-state index >= 15 is 0 Å². The van der Waals surface area contributed by atoms with E-state index in [0.29, 0.717) is 6.10 Å². The third-order valence-electron chi connectivity index (χ3n) is 3.22. The Bertz CT molecular complexity index is 296. The zero-order chi connectivity index (χ0) is 11.8. The molecule has 1 N–H and O–H groups in total. The summed E-state index contributed by atoms with van der Waals surface area (Å²) in [7, 11) is 0. The van der Waals surface area contributed by atoms with Gasteiger partial charge in [0.15, 0.2) is 0 Å². The lowest BCUT2D eigenvalue weighted by Crippen LogP contribution is -2.24. The number of pyridine rings is 1. The Morgan fingerprint density at radius 3 is 2.88 bits per heavy atom. The number of aromatic nitrogens is 1. The van der Waals surface area contributed by atoms with Crippen LogP contribution in [-0.2, 0) is 11.2 Å². The molecule has 0 spiro atoms. The molecule has 1 aliphatic carbocycles. The molecule has 3 heteroatoms. The molecule has 0 aliphatic heterocycles. The fourth-order valence-corrected chi connectivity index (χ4v) is 2.24. The van der Waals surface area contributed by atoms with Crippen molar-refractivity contribution in [3.8, 4) is 0 Å². The number of ether oxygens (including phenoxy) is 1. The Kier molecular flexibility index (Phi) is 5.46. The molecule has 0 bridgehead atoms.